The van der Waals surface area contributed by atoms with Crippen molar-refractivity contribution < 1.29 is 4.79 Å². The molecule has 0 saturated carbocycles. The Bertz CT molecular complexity index is 428. The molecule has 0 aliphatic rings. The molecule has 0 aliphatic carbocycles. The van der Waals surface area contributed by atoms with Gasteiger partial charge in [-0.15, -0.1) is 0 Å². The zero-order chi connectivity index (χ0) is 13.4. The van der Waals surface area contributed by atoms with Gasteiger partial charge in [0.15, 0.2) is 5.78 Å². The molecule has 1 aromatic carbocycles. The fourth-order valence-corrected chi connectivity index (χ4v) is 2.04. The molecule has 1 rings (SSSR count). The third-order valence-electron chi connectivity index (χ3n) is 3.04. The monoisotopic (exact) mass is 232 g/mol. The molecule has 0 atom stereocenters. The molecule has 17 heavy (non-hydrogen) atoms. The van der Waals surface area contributed by atoms with Crippen LogP contribution in [0.1, 0.15) is 70.0 Å². The summed E-state index contributed by atoms with van der Waals surface area (Å²) in [7, 11) is 0. The zero-order valence-corrected chi connectivity index (χ0v) is 12.1. The standard InChI is InChI=1S/C16H24O/c1-11(17)12-8-9-13(15(2,3)4)14(10-12)16(5,6)7/h8-10H,1-7H3. The maximum Gasteiger partial charge on any atom is 0.159 e. The van der Waals surface area contributed by atoms with Crippen LogP contribution in [-0.2, 0) is 10.8 Å². The van der Waals surface area contributed by atoms with E-state index in [2.05, 4.69) is 53.7 Å². The molecule has 1 aromatic rings. The van der Waals surface area contributed by atoms with Gasteiger partial charge in [0.2, 0.25) is 0 Å². The number of rotatable bonds is 1. The first kappa shape index (κ1) is 14.0. The molecular weight excluding hydrogens is 208 g/mol. The average molecular weight is 232 g/mol. The molecule has 0 amide bonds. The van der Waals surface area contributed by atoms with Crippen LogP contribution >= 0.6 is 0 Å². The molecule has 1 heteroatoms. The minimum absolute atomic E-state index is 0.0636. The van der Waals surface area contributed by atoms with E-state index < -0.39 is 0 Å². The second kappa shape index (κ2) is 4.29. The topological polar surface area (TPSA) is 17.1 Å². The number of carbonyl (C=O) groups is 1. The van der Waals surface area contributed by atoms with E-state index >= 15 is 0 Å². The van der Waals surface area contributed by atoms with Crippen LogP contribution in [-0.4, -0.2) is 5.78 Å². The van der Waals surface area contributed by atoms with Gasteiger partial charge in [0, 0.05) is 5.56 Å². The highest BCUT2D eigenvalue weighted by molar-refractivity contribution is 5.94. The molecule has 0 aromatic heterocycles. The Kier molecular flexibility index (Phi) is 3.52. The van der Waals surface area contributed by atoms with Gasteiger partial charge in [-0.25, -0.2) is 0 Å². The summed E-state index contributed by atoms with van der Waals surface area (Å²) in [6.07, 6.45) is 0. The van der Waals surface area contributed by atoms with Crippen molar-refractivity contribution in [3.63, 3.8) is 0 Å². The third-order valence-corrected chi connectivity index (χ3v) is 3.04. The second-order valence-corrected chi connectivity index (χ2v) is 6.82. The van der Waals surface area contributed by atoms with E-state index in [1.807, 2.05) is 6.07 Å². The summed E-state index contributed by atoms with van der Waals surface area (Å²) in [5.74, 6) is 0.135. The van der Waals surface area contributed by atoms with Crippen LogP contribution in [0.4, 0.5) is 0 Å². The lowest BCUT2D eigenvalue weighted by Gasteiger charge is -2.30. The molecule has 0 unspecified atom stereocenters. The maximum absolute atomic E-state index is 11.5. The lowest BCUT2D eigenvalue weighted by Crippen LogP contribution is -2.22. The van der Waals surface area contributed by atoms with Gasteiger partial charge in [-0.2, -0.15) is 0 Å². The fourth-order valence-electron chi connectivity index (χ4n) is 2.04. The van der Waals surface area contributed by atoms with Crippen molar-refractivity contribution in [1.29, 1.82) is 0 Å². The Labute approximate surface area is 105 Å². The summed E-state index contributed by atoms with van der Waals surface area (Å²) in [5, 5.41) is 0. The first-order valence-electron chi connectivity index (χ1n) is 6.19. The lowest BCUT2D eigenvalue weighted by atomic mass is 9.74. The number of ketones is 1. The van der Waals surface area contributed by atoms with Crippen molar-refractivity contribution in [3.05, 3.63) is 34.9 Å². The predicted molar refractivity (Wildman–Crippen MR) is 73.8 cm³/mol. The minimum Gasteiger partial charge on any atom is -0.295 e. The second-order valence-electron chi connectivity index (χ2n) is 6.82. The van der Waals surface area contributed by atoms with Crippen LogP contribution in [0, 0.1) is 0 Å². The molecule has 94 valence electrons. The molecular formula is C16H24O. The maximum atomic E-state index is 11.5. The van der Waals surface area contributed by atoms with Gasteiger partial charge in [0.05, 0.1) is 0 Å². The van der Waals surface area contributed by atoms with Gasteiger partial charge in [-0.1, -0.05) is 53.7 Å². The smallest absolute Gasteiger partial charge is 0.159 e. The predicted octanol–water partition coefficient (Wildman–Crippen LogP) is 4.48. The van der Waals surface area contributed by atoms with Gasteiger partial charge in [0.1, 0.15) is 0 Å². The Morgan fingerprint density at radius 3 is 1.71 bits per heavy atom. The first-order chi connectivity index (χ1) is 7.53. The van der Waals surface area contributed by atoms with E-state index in [0.29, 0.717) is 0 Å². The molecule has 0 heterocycles. The molecule has 0 aliphatic heterocycles. The highest BCUT2D eigenvalue weighted by atomic mass is 16.1. The highest BCUT2D eigenvalue weighted by Gasteiger charge is 2.25. The van der Waals surface area contributed by atoms with Crippen molar-refractivity contribution in [2.24, 2.45) is 0 Å². The van der Waals surface area contributed by atoms with E-state index in [9.17, 15) is 4.79 Å². The van der Waals surface area contributed by atoms with E-state index in [-0.39, 0.29) is 16.6 Å². The number of Topliss-reactive ketones (excluding diaryl/α,β-unsaturated/α-hetero) is 1. The van der Waals surface area contributed by atoms with Crippen LogP contribution in [0.25, 0.3) is 0 Å². The summed E-state index contributed by atoms with van der Waals surface area (Å²) in [6, 6.07) is 6.11. The normalized spacial score (nSPS) is 12.6. The molecule has 0 saturated heterocycles. The van der Waals surface area contributed by atoms with Crippen molar-refractivity contribution in [2.75, 3.05) is 0 Å². The van der Waals surface area contributed by atoms with E-state index in [1.54, 1.807) is 6.92 Å². The Morgan fingerprint density at radius 1 is 0.882 bits per heavy atom. The van der Waals surface area contributed by atoms with Gasteiger partial charge < -0.3 is 0 Å². The van der Waals surface area contributed by atoms with Gasteiger partial charge >= 0.3 is 0 Å². The number of hydrogen-bond acceptors (Lipinski definition) is 1. The van der Waals surface area contributed by atoms with Gasteiger partial charge in [-0.05, 0) is 34.9 Å². The van der Waals surface area contributed by atoms with Crippen LogP contribution in [0.15, 0.2) is 18.2 Å². The summed E-state index contributed by atoms with van der Waals surface area (Å²) >= 11 is 0. The summed E-state index contributed by atoms with van der Waals surface area (Å²) in [4.78, 5) is 11.5. The van der Waals surface area contributed by atoms with E-state index in [1.165, 1.54) is 11.1 Å². The van der Waals surface area contributed by atoms with Crippen molar-refractivity contribution in [1.82, 2.24) is 0 Å². The first-order valence-corrected chi connectivity index (χ1v) is 6.19. The summed E-state index contributed by atoms with van der Waals surface area (Å²) in [6.45, 7) is 14.9. The van der Waals surface area contributed by atoms with Crippen molar-refractivity contribution >= 4 is 5.78 Å². The lowest BCUT2D eigenvalue weighted by molar-refractivity contribution is 0.101. The largest absolute Gasteiger partial charge is 0.295 e. The average Bonchev–Trinajstić information content (AvgIpc) is 2.14. The molecule has 0 spiro atoms. The van der Waals surface area contributed by atoms with E-state index in [0.717, 1.165) is 5.56 Å². The van der Waals surface area contributed by atoms with E-state index in [4.69, 9.17) is 0 Å². The van der Waals surface area contributed by atoms with Crippen molar-refractivity contribution in [2.45, 2.75) is 59.3 Å². The fraction of sp³-hybridized carbons (Fsp3) is 0.562. The van der Waals surface area contributed by atoms with Crippen LogP contribution in [0.5, 0.6) is 0 Å². The minimum atomic E-state index is 0.0636. The number of carbonyl (C=O) groups excluding carboxylic acids is 1. The third kappa shape index (κ3) is 3.18. The van der Waals surface area contributed by atoms with Gasteiger partial charge in [-0.3, -0.25) is 4.79 Å². The van der Waals surface area contributed by atoms with Gasteiger partial charge in [0.25, 0.3) is 0 Å². The van der Waals surface area contributed by atoms with Crippen LogP contribution in [0.2, 0.25) is 0 Å². The Morgan fingerprint density at radius 2 is 1.35 bits per heavy atom. The van der Waals surface area contributed by atoms with Crippen LogP contribution < -0.4 is 0 Å². The Hall–Kier alpha value is -1.11. The number of benzene rings is 1. The zero-order valence-electron chi connectivity index (χ0n) is 12.1. The highest BCUT2D eigenvalue weighted by Crippen LogP contribution is 2.34. The summed E-state index contributed by atoms with van der Waals surface area (Å²) < 4.78 is 0. The molecule has 0 bridgehead atoms. The molecule has 1 nitrogen and oxygen atoms in total. The molecule has 0 radical (unpaired) electrons. The molecule has 0 N–H and O–H groups in total. The summed E-state index contributed by atoms with van der Waals surface area (Å²) in [5.41, 5.74) is 3.59. The molecule has 0 fully saturated rings. The quantitative estimate of drug-likeness (QED) is 0.652. The number of hydrogen-bond donors (Lipinski definition) is 0. The van der Waals surface area contributed by atoms with Crippen molar-refractivity contribution in [3.8, 4) is 0 Å². The SMILES string of the molecule is CC(=O)c1ccc(C(C)(C)C)c(C(C)(C)C)c1. The Balaban J connectivity index is 3.49. The van der Waals surface area contributed by atoms with Crippen LogP contribution in [0.3, 0.4) is 0 Å².